The molecule has 0 saturated heterocycles. The lowest BCUT2D eigenvalue weighted by molar-refractivity contribution is -0.107. The maximum Gasteiger partial charge on any atom is 0.124 e. The molecule has 0 N–H and O–H groups in total. The van der Waals surface area contributed by atoms with Gasteiger partial charge in [-0.25, -0.2) is 4.68 Å². The highest BCUT2D eigenvalue weighted by Crippen LogP contribution is 2.15. The van der Waals surface area contributed by atoms with Crippen LogP contribution >= 0.6 is 0 Å². The minimum absolute atomic E-state index is 0.428. The molecule has 3 heteroatoms. The zero-order chi connectivity index (χ0) is 11.5. The molecule has 0 amide bonds. The van der Waals surface area contributed by atoms with Crippen LogP contribution in [0, 0.1) is 13.8 Å². The van der Waals surface area contributed by atoms with Gasteiger partial charge < -0.3 is 4.79 Å². The number of benzene rings is 1. The third-order valence-electron chi connectivity index (χ3n) is 2.66. The van der Waals surface area contributed by atoms with Crippen molar-refractivity contribution in [3.05, 3.63) is 47.3 Å². The van der Waals surface area contributed by atoms with Crippen molar-refractivity contribution in [3.63, 3.8) is 0 Å². The van der Waals surface area contributed by atoms with Gasteiger partial charge in [0, 0.05) is 17.7 Å². The van der Waals surface area contributed by atoms with Crippen molar-refractivity contribution >= 4 is 6.29 Å². The minimum Gasteiger partial charge on any atom is -0.303 e. The average molecular weight is 214 g/mol. The highest BCUT2D eigenvalue weighted by atomic mass is 16.1. The molecule has 0 bridgehead atoms. The van der Waals surface area contributed by atoms with Crippen molar-refractivity contribution < 1.29 is 4.79 Å². The fourth-order valence-corrected chi connectivity index (χ4v) is 1.75. The molecule has 0 unspecified atom stereocenters. The van der Waals surface area contributed by atoms with E-state index in [0.29, 0.717) is 6.42 Å². The molecule has 82 valence electrons. The molecule has 2 rings (SSSR count). The first kappa shape index (κ1) is 10.6. The Hall–Kier alpha value is -1.90. The van der Waals surface area contributed by atoms with E-state index in [2.05, 4.69) is 24.2 Å². The number of aryl methyl sites for hydroxylation is 1. The Balaban J connectivity index is 2.44. The Bertz CT molecular complexity index is 514. The number of nitrogens with zero attached hydrogens (tertiary/aromatic N) is 2. The lowest BCUT2D eigenvalue weighted by atomic mass is 10.2. The Labute approximate surface area is 94.7 Å². The van der Waals surface area contributed by atoms with Crippen LogP contribution in [0.3, 0.4) is 0 Å². The Kier molecular flexibility index (Phi) is 2.86. The first-order valence-corrected chi connectivity index (χ1v) is 5.26. The molecule has 0 fully saturated rings. The Morgan fingerprint density at radius 2 is 2.19 bits per heavy atom. The molecular weight excluding hydrogens is 200 g/mol. The number of rotatable bonds is 3. The van der Waals surface area contributed by atoms with Crippen LogP contribution in [0.1, 0.15) is 16.8 Å². The van der Waals surface area contributed by atoms with Gasteiger partial charge in [-0.1, -0.05) is 12.1 Å². The van der Waals surface area contributed by atoms with Crippen molar-refractivity contribution in [3.8, 4) is 5.69 Å². The monoisotopic (exact) mass is 214 g/mol. The fraction of sp³-hybridized carbons (Fsp3) is 0.231. The number of aldehydes is 1. The van der Waals surface area contributed by atoms with Gasteiger partial charge in [-0.2, -0.15) is 5.10 Å². The van der Waals surface area contributed by atoms with Gasteiger partial charge in [0.1, 0.15) is 6.29 Å². The topological polar surface area (TPSA) is 34.9 Å². The van der Waals surface area contributed by atoms with Gasteiger partial charge in [0.2, 0.25) is 0 Å². The van der Waals surface area contributed by atoms with Crippen LogP contribution in [0.4, 0.5) is 0 Å². The maximum atomic E-state index is 10.5. The summed E-state index contributed by atoms with van der Waals surface area (Å²) in [7, 11) is 0. The van der Waals surface area contributed by atoms with Gasteiger partial charge in [-0.05, 0) is 31.5 Å². The lowest BCUT2D eigenvalue weighted by Gasteiger charge is -2.05. The summed E-state index contributed by atoms with van der Waals surface area (Å²) in [5, 5.41) is 4.30. The quantitative estimate of drug-likeness (QED) is 0.734. The van der Waals surface area contributed by atoms with Gasteiger partial charge in [-0.3, -0.25) is 0 Å². The van der Waals surface area contributed by atoms with Crippen molar-refractivity contribution in [2.45, 2.75) is 20.3 Å². The smallest absolute Gasteiger partial charge is 0.124 e. The molecule has 1 aromatic carbocycles. The summed E-state index contributed by atoms with van der Waals surface area (Å²) in [6.07, 6.45) is 3.09. The van der Waals surface area contributed by atoms with Crippen molar-refractivity contribution in [1.29, 1.82) is 0 Å². The number of carbonyl (C=O) groups excluding carboxylic acids is 1. The predicted molar refractivity (Wildman–Crippen MR) is 62.8 cm³/mol. The van der Waals surface area contributed by atoms with Crippen molar-refractivity contribution in [2.24, 2.45) is 0 Å². The summed E-state index contributed by atoms with van der Waals surface area (Å²) in [4.78, 5) is 10.5. The SMILES string of the molecule is Cc1cccc(-n2ncc(CC=O)c2C)c1. The fourth-order valence-electron chi connectivity index (χ4n) is 1.75. The average Bonchev–Trinajstić information content (AvgIpc) is 2.61. The van der Waals surface area contributed by atoms with Gasteiger partial charge >= 0.3 is 0 Å². The van der Waals surface area contributed by atoms with Crippen LogP contribution in [0.15, 0.2) is 30.5 Å². The highest BCUT2D eigenvalue weighted by Gasteiger charge is 2.07. The number of hydrogen-bond acceptors (Lipinski definition) is 2. The van der Waals surface area contributed by atoms with E-state index >= 15 is 0 Å². The number of aromatic nitrogens is 2. The molecule has 0 atom stereocenters. The molecule has 2 aromatic rings. The van der Waals surface area contributed by atoms with E-state index in [0.717, 1.165) is 23.2 Å². The van der Waals surface area contributed by atoms with Crippen LogP contribution in [-0.2, 0) is 11.2 Å². The van der Waals surface area contributed by atoms with Gasteiger partial charge in [0.25, 0.3) is 0 Å². The zero-order valence-electron chi connectivity index (χ0n) is 9.47. The summed E-state index contributed by atoms with van der Waals surface area (Å²) in [5.74, 6) is 0. The molecule has 0 aliphatic heterocycles. The van der Waals surface area contributed by atoms with Gasteiger partial charge in [0.15, 0.2) is 0 Å². The van der Waals surface area contributed by atoms with Crippen LogP contribution in [-0.4, -0.2) is 16.1 Å². The minimum atomic E-state index is 0.428. The largest absolute Gasteiger partial charge is 0.303 e. The second-order valence-corrected chi connectivity index (χ2v) is 3.88. The molecule has 0 saturated carbocycles. The lowest BCUT2D eigenvalue weighted by Crippen LogP contribution is -1.99. The molecule has 16 heavy (non-hydrogen) atoms. The summed E-state index contributed by atoms with van der Waals surface area (Å²) in [6.45, 7) is 4.03. The van der Waals surface area contributed by atoms with E-state index in [1.165, 1.54) is 5.56 Å². The second-order valence-electron chi connectivity index (χ2n) is 3.88. The predicted octanol–water partition coefficient (Wildman–Crippen LogP) is 2.23. The van der Waals surface area contributed by atoms with Crippen molar-refractivity contribution in [1.82, 2.24) is 9.78 Å². The third kappa shape index (κ3) is 1.89. The van der Waals surface area contributed by atoms with E-state index in [-0.39, 0.29) is 0 Å². The summed E-state index contributed by atoms with van der Waals surface area (Å²) >= 11 is 0. The summed E-state index contributed by atoms with van der Waals surface area (Å²) < 4.78 is 1.87. The highest BCUT2D eigenvalue weighted by molar-refractivity contribution is 5.55. The zero-order valence-corrected chi connectivity index (χ0v) is 9.47. The molecule has 3 nitrogen and oxygen atoms in total. The van der Waals surface area contributed by atoms with E-state index in [4.69, 9.17) is 0 Å². The maximum absolute atomic E-state index is 10.5. The normalized spacial score (nSPS) is 10.4. The Morgan fingerprint density at radius 1 is 1.38 bits per heavy atom. The van der Waals surface area contributed by atoms with Gasteiger partial charge in [-0.15, -0.1) is 0 Å². The first-order chi connectivity index (χ1) is 7.72. The molecule has 0 radical (unpaired) electrons. The van der Waals surface area contributed by atoms with Gasteiger partial charge in [0.05, 0.1) is 11.9 Å². The number of hydrogen-bond donors (Lipinski definition) is 0. The second kappa shape index (κ2) is 4.31. The Morgan fingerprint density at radius 3 is 2.88 bits per heavy atom. The van der Waals surface area contributed by atoms with Crippen molar-refractivity contribution in [2.75, 3.05) is 0 Å². The van der Waals surface area contributed by atoms with Crippen LogP contribution < -0.4 is 0 Å². The first-order valence-electron chi connectivity index (χ1n) is 5.26. The van der Waals surface area contributed by atoms with E-state index < -0.39 is 0 Å². The molecule has 1 aromatic heterocycles. The number of carbonyl (C=O) groups is 1. The molecule has 0 aliphatic carbocycles. The van der Waals surface area contributed by atoms with E-state index in [9.17, 15) is 4.79 Å². The summed E-state index contributed by atoms with van der Waals surface area (Å²) in [5.41, 5.74) is 4.24. The van der Waals surface area contributed by atoms with E-state index in [1.807, 2.05) is 23.7 Å². The molecule has 0 aliphatic rings. The molecular formula is C13H14N2O. The molecule has 1 heterocycles. The standard InChI is InChI=1S/C13H14N2O/c1-10-4-3-5-13(8-10)15-11(2)12(6-7-16)9-14-15/h3-5,7-9H,6H2,1-2H3. The molecule has 0 spiro atoms. The summed E-state index contributed by atoms with van der Waals surface area (Å²) in [6, 6.07) is 8.14. The third-order valence-corrected chi connectivity index (χ3v) is 2.66. The van der Waals surface area contributed by atoms with Crippen LogP contribution in [0.5, 0.6) is 0 Å². The van der Waals surface area contributed by atoms with E-state index in [1.54, 1.807) is 6.20 Å². The van der Waals surface area contributed by atoms with Crippen LogP contribution in [0.25, 0.3) is 5.69 Å². The van der Waals surface area contributed by atoms with Crippen LogP contribution in [0.2, 0.25) is 0 Å².